The van der Waals surface area contributed by atoms with Gasteiger partial charge in [0, 0.05) is 25.1 Å². The first-order chi connectivity index (χ1) is 7.16. The fourth-order valence-electron chi connectivity index (χ4n) is 1.61. The molecule has 0 saturated heterocycles. The number of nitrogens with one attached hydrogen (secondary N) is 1. The van der Waals surface area contributed by atoms with Crippen LogP contribution in [0, 0.1) is 6.92 Å². The summed E-state index contributed by atoms with van der Waals surface area (Å²) in [5, 5.41) is 3.07. The van der Waals surface area contributed by atoms with Gasteiger partial charge < -0.3 is 10.1 Å². The predicted molar refractivity (Wildman–Crippen MR) is 48.8 cm³/mol. The van der Waals surface area contributed by atoms with Crippen molar-refractivity contribution in [2.75, 3.05) is 6.54 Å². The van der Waals surface area contributed by atoms with E-state index in [9.17, 15) is 8.78 Å². The Kier molecular flexibility index (Phi) is 2.77. The molecule has 0 radical (unpaired) electrons. The van der Waals surface area contributed by atoms with E-state index in [4.69, 9.17) is 0 Å². The van der Waals surface area contributed by atoms with Crippen molar-refractivity contribution in [3.63, 3.8) is 0 Å². The van der Waals surface area contributed by atoms with Gasteiger partial charge in [-0.2, -0.15) is 13.8 Å². The van der Waals surface area contributed by atoms with Crippen LogP contribution in [0.5, 0.6) is 5.88 Å². The molecule has 2 heterocycles. The lowest BCUT2D eigenvalue weighted by atomic mass is 10.1. The zero-order valence-electron chi connectivity index (χ0n) is 8.26. The molecule has 0 spiro atoms. The molecule has 1 aromatic rings. The minimum absolute atomic E-state index is 0.000278. The topological polar surface area (TPSA) is 47.0 Å². The quantitative estimate of drug-likeness (QED) is 0.800. The van der Waals surface area contributed by atoms with Gasteiger partial charge in [0.25, 0.3) is 0 Å². The molecule has 0 aromatic carbocycles. The fraction of sp³-hybridized carbons (Fsp3) is 0.556. The van der Waals surface area contributed by atoms with Gasteiger partial charge in [-0.25, -0.2) is 4.98 Å². The summed E-state index contributed by atoms with van der Waals surface area (Å²) >= 11 is 0. The molecule has 0 amide bonds. The molecule has 2 rings (SSSR count). The van der Waals surface area contributed by atoms with E-state index in [1.165, 1.54) is 0 Å². The minimum Gasteiger partial charge on any atom is -0.416 e. The smallest absolute Gasteiger partial charge is 0.388 e. The summed E-state index contributed by atoms with van der Waals surface area (Å²) < 4.78 is 28.6. The molecule has 0 atom stereocenters. The van der Waals surface area contributed by atoms with Gasteiger partial charge in [0.15, 0.2) is 0 Å². The second-order valence-corrected chi connectivity index (χ2v) is 3.31. The Morgan fingerprint density at radius 1 is 1.40 bits per heavy atom. The van der Waals surface area contributed by atoms with Crippen molar-refractivity contribution in [3.8, 4) is 5.88 Å². The molecule has 6 heteroatoms. The largest absolute Gasteiger partial charge is 0.416 e. The summed E-state index contributed by atoms with van der Waals surface area (Å²) in [6, 6.07) is 0. The van der Waals surface area contributed by atoms with Gasteiger partial charge >= 0.3 is 6.61 Å². The zero-order valence-corrected chi connectivity index (χ0v) is 8.26. The maximum atomic E-state index is 12.1. The number of aryl methyl sites for hydroxylation is 1. The van der Waals surface area contributed by atoms with Gasteiger partial charge in [-0.1, -0.05) is 0 Å². The van der Waals surface area contributed by atoms with Crippen LogP contribution < -0.4 is 10.1 Å². The van der Waals surface area contributed by atoms with Crippen molar-refractivity contribution in [1.82, 2.24) is 15.3 Å². The Hall–Kier alpha value is -1.30. The minimum atomic E-state index is -2.84. The molecule has 1 aliphatic rings. The first-order valence-electron chi connectivity index (χ1n) is 4.68. The summed E-state index contributed by atoms with van der Waals surface area (Å²) in [6.07, 6.45) is 0.721. The molecule has 1 aliphatic heterocycles. The first-order valence-corrected chi connectivity index (χ1v) is 4.68. The molecule has 15 heavy (non-hydrogen) atoms. The zero-order chi connectivity index (χ0) is 10.8. The first kappa shape index (κ1) is 10.2. The van der Waals surface area contributed by atoms with Gasteiger partial charge in [-0.05, 0) is 6.92 Å². The van der Waals surface area contributed by atoms with Crippen molar-refractivity contribution in [2.24, 2.45) is 0 Å². The summed E-state index contributed by atoms with van der Waals surface area (Å²) in [5.74, 6) is 0.464. The number of aromatic nitrogens is 2. The van der Waals surface area contributed by atoms with Crippen LogP contribution in [0.15, 0.2) is 0 Å². The third-order valence-corrected chi connectivity index (χ3v) is 2.21. The van der Waals surface area contributed by atoms with Crippen LogP contribution in [-0.2, 0) is 13.0 Å². The molecular formula is C9H11F2N3O. The Labute approximate surface area is 85.7 Å². The lowest BCUT2D eigenvalue weighted by molar-refractivity contribution is -0.0538. The average Bonchev–Trinajstić information content (AvgIpc) is 2.16. The molecule has 1 aromatic heterocycles. The molecule has 0 saturated carbocycles. The number of nitrogens with zero attached hydrogens (tertiary/aromatic N) is 2. The molecule has 0 fully saturated rings. The Morgan fingerprint density at radius 3 is 2.93 bits per heavy atom. The van der Waals surface area contributed by atoms with Crippen LogP contribution in [0.2, 0.25) is 0 Å². The molecule has 0 bridgehead atoms. The summed E-state index contributed by atoms with van der Waals surface area (Å²) in [7, 11) is 0. The van der Waals surface area contributed by atoms with Gasteiger partial charge in [0.2, 0.25) is 5.88 Å². The summed E-state index contributed by atoms with van der Waals surface area (Å²) in [4.78, 5) is 8.08. The second kappa shape index (κ2) is 4.06. The number of fused-ring (bicyclic) bond motifs is 1. The maximum absolute atomic E-state index is 12.1. The van der Waals surface area contributed by atoms with Crippen molar-refractivity contribution in [1.29, 1.82) is 0 Å². The molecule has 4 nitrogen and oxygen atoms in total. The highest BCUT2D eigenvalue weighted by molar-refractivity contribution is 5.32. The normalized spacial score (nSPS) is 15.2. The number of alkyl halides is 2. The van der Waals surface area contributed by atoms with Gasteiger partial charge in [0.05, 0.1) is 5.69 Å². The third kappa shape index (κ3) is 2.20. The van der Waals surface area contributed by atoms with Crippen LogP contribution in [0.4, 0.5) is 8.78 Å². The second-order valence-electron chi connectivity index (χ2n) is 3.31. The van der Waals surface area contributed by atoms with Crippen LogP contribution in [0.3, 0.4) is 0 Å². The lowest BCUT2D eigenvalue weighted by Crippen LogP contribution is -2.26. The molecule has 82 valence electrons. The van der Waals surface area contributed by atoms with Crippen molar-refractivity contribution in [3.05, 3.63) is 17.1 Å². The van der Waals surface area contributed by atoms with Crippen molar-refractivity contribution in [2.45, 2.75) is 26.5 Å². The monoisotopic (exact) mass is 215 g/mol. The summed E-state index contributed by atoms with van der Waals surface area (Å²) in [5.41, 5.74) is 1.45. The third-order valence-electron chi connectivity index (χ3n) is 2.21. The maximum Gasteiger partial charge on any atom is 0.388 e. The molecule has 1 N–H and O–H groups in total. The number of halogens is 2. The van der Waals surface area contributed by atoms with Crippen molar-refractivity contribution >= 4 is 0 Å². The fourth-order valence-corrected chi connectivity index (χ4v) is 1.61. The standard InChI is InChI=1S/C9H11F2N3O/c1-5-13-7-2-3-12-4-6(7)8(14-5)15-9(10)11/h9,12H,2-4H2,1H3. The highest BCUT2D eigenvalue weighted by Crippen LogP contribution is 2.23. The summed E-state index contributed by atoms with van der Waals surface area (Å²) in [6.45, 7) is 0.112. The highest BCUT2D eigenvalue weighted by atomic mass is 19.3. The van der Waals surface area contributed by atoms with E-state index in [2.05, 4.69) is 20.0 Å². The van der Waals surface area contributed by atoms with Gasteiger partial charge in [0.1, 0.15) is 5.82 Å². The number of hydrogen-bond donors (Lipinski definition) is 1. The molecule has 0 aliphatic carbocycles. The number of rotatable bonds is 2. The molecule has 0 unspecified atom stereocenters. The van der Waals surface area contributed by atoms with E-state index >= 15 is 0 Å². The Bertz CT molecular complexity index is 371. The van der Waals surface area contributed by atoms with E-state index in [0.29, 0.717) is 17.9 Å². The van der Waals surface area contributed by atoms with Crippen LogP contribution in [0.25, 0.3) is 0 Å². The van der Waals surface area contributed by atoms with E-state index in [1.54, 1.807) is 6.92 Å². The average molecular weight is 215 g/mol. The van der Waals surface area contributed by atoms with E-state index in [0.717, 1.165) is 18.7 Å². The lowest BCUT2D eigenvalue weighted by Gasteiger charge is -2.18. The molecular weight excluding hydrogens is 204 g/mol. The van der Waals surface area contributed by atoms with E-state index < -0.39 is 6.61 Å². The van der Waals surface area contributed by atoms with Crippen LogP contribution in [-0.4, -0.2) is 23.1 Å². The highest BCUT2D eigenvalue weighted by Gasteiger charge is 2.19. The van der Waals surface area contributed by atoms with E-state index in [-0.39, 0.29) is 5.88 Å². The SMILES string of the molecule is Cc1nc2c(c(OC(F)F)n1)CNCC2. The number of hydrogen-bond acceptors (Lipinski definition) is 4. The van der Waals surface area contributed by atoms with Gasteiger partial charge in [-0.3, -0.25) is 0 Å². The van der Waals surface area contributed by atoms with Crippen LogP contribution >= 0.6 is 0 Å². The predicted octanol–water partition coefficient (Wildman–Crippen LogP) is 1.03. The van der Waals surface area contributed by atoms with Gasteiger partial charge in [-0.15, -0.1) is 0 Å². The Balaban J connectivity index is 2.38. The van der Waals surface area contributed by atoms with Crippen LogP contribution in [0.1, 0.15) is 17.1 Å². The number of ether oxygens (including phenoxy) is 1. The van der Waals surface area contributed by atoms with E-state index in [1.807, 2.05) is 0 Å². The Morgan fingerprint density at radius 2 is 2.20 bits per heavy atom. The van der Waals surface area contributed by atoms with Crippen molar-refractivity contribution < 1.29 is 13.5 Å².